The third-order valence-corrected chi connectivity index (χ3v) is 4.48. The lowest BCUT2D eigenvalue weighted by Gasteiger charge is -2.19. The van der Waals surface area contributed by atoms with Gasteiger partial charge in [-0.2, -0.15) is 0 Å². The first kappa shape index (κ1) is 21.1. The molecule has 0 saturated carbocycles. The zero-order valence-corrected chi connectivity index (χ0v) is 16.6. The number of rotatable bonds is 10. The van der Waals surface area contributed by atoms with Crippen molar-refractivity contribution in [2.45, 2.75) is 40.0 Å². The summed E-state index contributed by atoms with van der Waals surface area (Å²) in [6, 6.07) is 12.5. The summed E-state index contributed by atoms with van der Waals surface area (Å²) >= 11 is 6.17. The molecular formula is C21H26ClNO4. The van der Waals surface area contributed by atoms with Crippen LogP contribution in [-0.2, 0) is 17.9 Å². The van der Waals surface area contributed by atoms with E-state index in [0.29, 0.717) is 36.3 Å². The fourth-order valence-electron chi connectivity index (χ4n) is 2.66. The third kappa shape index (κ3) is 6.15. The van der Waals surface area contributed by atoms with Gasteiger partial charge in [-0.25, -0.2) is 0 Å². The molecule has 27 heavy (non-hydrogen) atoms. The smallest absolute Gasteiger partial charge is 0.320 e. The Labute approximate surface area is 165 Å². The highest BCUT2D eigenvalue weighted by Crippen LogP contribution is 2.30. The van der Waals surface area contributed by atoms with Gasteiger partial charge in [0, 0.05) is 17.1 Å². The van der Waals surface area contributed by atoms with Crippen LogP contribution in [0.5, 0.6) is 11.5 Å². The first-order chi connectivity index (χ1) is 12.9. The Morgan fingerprint density at radius 3 is 2.52 bits per heavy atom. The lowest BCUT2D eigenvalue weighted by molar-refractivity contribution is -0.140. The predicted octanol–water partition coefficient (Wildman–Crippen LogP) is 4.52. The fourth-order valence-corrected chi connectivity index (χ4v) is 2.85. The van der Waals surface area contributed by atoms with Crippen LogP contribution in [0.3, 0.4) is 0 Å². The van der Waals surface area contributed by atoms with E-state index in [1.54, 1.807) is 0 Å². The first-order valence-electron chi connectivity index (χ1n) is 9.00. The van der Waals surface area contributed by atoms with Crippen molar-refractivity contribution < 1.29 is 19.4 Å². The molecule has 146 valence electrons. The molecule has 2 rings (SSSR count). The molecule has 0 heterocycles. The monoisotopic (exact) mass is 391 g/mol. The Morgan fingerprint density at radius 1 is 1.15 bits per heavy atom. The number of halogens is 1. The average Bonchev–Trinajstić information content (AvgIpc) is 2.62. The largest absolute Gasteiger partial charge is 0.490 e. The molecule has 0 amide bonds. The van der Waals surface area contributed by atoms with Gasteiger partial charge in [0.15, 0.2) is 11.5 Å². The van der Waals surface area contributed by atoms with E-state index in [2.05, 4.69) is 5.32 Å². The molecule has 2 N–H and O–H groups in total. The highest BCUT2D eigenvalue weighted by atomic mass is 35.5. The van der Waals surface area contributed by atoms with Crippen molar-refractivity contribution in [1.29, 1.82) is 0 Å². The number of carboxylic acids is 1. The Kier molecular flexibility index (Phi) is 7.95. The van der Waals surface area contributed by atoms with Gasteiger partial charge in [0.25, 0.3) is 0 Å². The van der Waals surface area contributed by atoms with E-state index >= 15 is 0 Å². The van der Waals surface area contributed by atoms with E-state index in [4.69, 9.17) is 21.1 Å². The summed E-state index contributed by atoms with van der Waals surface area (Å²) in [5.74, 6) is 0.390. The summed E-state index contributed by atoms with van der Waals surface area (Å²) in [6.07, 6.45) is 0. The molecule has 1 unspecified atom stereocenters. The van der Waals surface area contributed by atoms with Gasteiger partial charge in [-0.15, -0.1) is 0 Å². The first-order valence-corrected chi connectivity index (χ1v) is 9.38. The van der Waals surface area contributed by atoms with Crippen molar-refractivity contribution in [2.75, 3.05) is 6.61 Å². The van der Waals surface area contributed by atoms with Crippen LogP contribution in [-0.4, -0.2) is 23.7 Å². The van der Waals surface area contributed by atoms with Crippen LogP contribution in [0, 0.1) is 5.92 Å². The standard InChI is InChI=1S/C21H26ClNO4/c1-4-26-19-11-15(12-23-20(14(2)3)21(24)25)9-10-18(19)27-13-16-7-5-6-8-17(16)22/h5-11,14,20,23H,4,12-13H2,1-3H3,(H,24,25). The van der Waals surface area contributed by atoms with Crippen molar-refractivity contribution in [3.8, 4) is 11.5 Å². The number of nitrogens with one attached hydrogen (secondary N) is 1. The molecule has 5 nitrogen and oxygen atoms in total. The Balaban J connectivity index is 2.09. The quantitative estimate of drug-likeness (QED) is 0.623. The van der Waals surface area contributed by atoms with Gasteiger partial charge in [0.1, 0.15) is 12.6 Å². The number of benzene rings is 2. The van der Waals surface area contributed by atoms with Crippen LogP contribution >= 0.6 is 11.6 Å². The molecule has 0 spiro atoms. The van der Waals surface area contributed by atoms with Crippen LogP contribution in [0.2, 0.25) is 5.02 Å². The summed E-state index contributed by atoms with van der Waals surface area (Å²) in [6.45, 7) is 6.93. The van der Waals surface area contributed by atoms with Crippen LogP contribution in [0.15, 0.2) is 42.5 Å². The number of hydrogen-bond acceptors (Lipinski definition) is 4. The lowest BCUT2D eigenvalue weighted by atomic mass is 10.0. The molecule has 2 aromatic rings. The second-order valence-corrected chi connectivity index (χ2v) is 6.94. The summed E-state index contributed by atoms with van der Waals surface area (Å²) in [5, 5.41) is 13.0. The van der Waals surface area contributed by atoms with E-state index in [1.807, 2.05) is 63.2 Å². The molecule has 0 aliphatic rings. The van der Waals surface area contributed by atoms with E-state index in [-0.39, 0.29) is 5.92 Å². The van der Waals surface area contributed by atoms with Crippen molar-refractivity contribution in [3.05, 3.63) is 58.6 Å². The minimum atomic E-state index is -0.852. The molecule has 0 radical (unpaired) electrons. The zero-order valence-electron chi connectivity index (χ0n) is 15.9. The maximum Gasteiger partial charge on any atom is 0.320 e. The van der Waals surface area contributed by atoms with Gasteiger partial charge >= 0.3 is 5.97 Å². The normalized spacial score (nSPS) is 12.0. The minimum Gasteiger partial charge on any atom is -0.490 e. The fraction of sp³-hybridized carbons (Fsp3) is 0.381. The van der Waals surface area contributed by atoms with Gasteiger partial charge in [-0.05, 0) is 36.6 Å². The second kappa shape index (κ2) is 10.2. The van der Waals surface area contributed by atoms with E-state index in [9.17, 15) is 9.90 Å². The number of hydrogen-bond donors (Lipinski definition) is 2. The molecule has 0 aromatic heterocycles. The number of ether oxygens (including phenoxy) is 2. The minimum absolute atomic E-state index is 0.00732. The third-order valence-electron chi connectivity index (χ3n) is 4.11. The van der Waals surface area contributed by atoms with Crippen LogP contribution in [0.1, 0.15) is 31.9 Å². The van der Waals surface area contributed by atoms with Gasteiger partial charge in [0.05, 0.1) is 6.61 Å². The Hall–Kier alpha value is -2.24. The van der Waals surface area contributed by atoms with Crippen molar-refractivity contribution in [2.24, 2.45) is 5.92 Å². The molecular weight excluding hydrogens is 366 g/mol. The highest BCUT2D eigenvalue weighted by Gasteiger charge is 2.20. The van der Waals surface area contributed by atoms with E-state index in [0.717, 1.165) is 11.1 Å². The number of carbonyl (C=O) groups is 1. The Bertz CT molecular complexity index is 764. The van der Waals surface area contributed by atoms with Crippen LogP contribution in [0.4, 0.5) is 0 Å². The molecule has 0 aliphatic heterocycles. The van der Waals surface area contributed by atoms with Crippen LogP contribution < -0.4 is 14.8 Å². The maximum atomic E-state index is 11.3. The highest BCUT2D eigenvalue weighted by molar-refractivity contribution is 6.31. The zero-order chi connectivity index (χ0) is 19.8. The average molecular weight is 392 g/mol. The summed E-state index contributed by atoms with van der Waals surface area (Å²) < 4.78 is 11.6. The molecule has 0 saturated heterocycles. The summed E-state index contributed by atoms with van der Waals surface area (Å²) in [4.78, 5) is 11.3. The van der Waals surface area contributed by atoms with Crippen molar-refractivity contribution >= 4 is 17.6 Å². The SMILES string of the molecule is CCOc1cc(CNC(C(=O)O)C(C)C)ccc1OCc1ccccc1Cl. The summed E-state index contributed by atoms with van der Waals surface area (Å²) in [5.41, 5.74) is 1.82. The Morgan fingerprint density at radius 2 is 1.89 bits per heavy atom. The maximum absolute atomic E-state index is 11.3. The van der Waals surface area contributed by atoms with Gasteiger partial charge in [0.2, 0.25) is 0 Å². The number of carboxylic acid groups (broad SMARTS) is 1. The molecule has 2 aromatic carbocycles. The molecule has 6 heteroatoms. The van der Waals surface area contributed by atoms with Crippen molar-refractivity contribution in [1.82, 2.24) is 5.32 Å². The number of aliphatic carboxylic acids is 1. The lowest BCUT2D eigenvalue weighted by Crippen LogP contribution is -2.40. The molecule has 0 aliphatic carbocycles. The van der Waals surface area contributed by atoms with Crippen LogP contribution in [0.25, 0.3) is 0 Å². The molecule has 1 atom stereocenters. The van der Waals surface area contributed by atoms with Gasteiger partial charge < -0.3 is 19.9 Å². The van der Waals surface area contributed by atoms with E-state index < -0.39 is 12.0 Å². The topological polar surface area (TPSA) is 67.8 Å². The van der Waals surface area contributed by atoms with Gasteiger partial charge in [-0.3, -0.25) is 4.79 Å². The predicted molar refractivity (Wildman–Crippen MR) is 106 cm³/mol. The molecule has 0 fully saturated rings. The van der Waals surface area contributed by atoms with E-state index in [1.165, 1.54) is 0 Å². The van der Waals surface area contributed by atoms with Crippen molar-refractivity contribution in [3.63, 3.8) is 0 Å². The molecule has 0 bridgehead atoms. The second-order valence-electron chi connectivity index (χ2n) is 6.54. The van der Waals surface area contributed by atoms with Gasteiger partial charge in [-0.1, -0.05) is 49.7 Å². The summed E-state index contributed by atoms with van der Waals surface area (Å²) in [7, 11) is 0.